The third kappa shape index (κ3) is 3.79. The lowest BCUT2D eigenvalue weighted by molar-refractivity contribution is -0.152. The van der Waals surface area contributed by atoms with Gasteiger partial charge in [0, 0.05) is 18.3 Å². The molecule has 1 aliphatic heterocycles. The Morgan fingerprint density at radius 3 is 2.95 bits per heavy atom. The van der Waals surface area contributed by atoms with Crippen LogP contribution >= 0.6 is 11.3 Å². The molecule has 0 saturated carbocycles. The summed E-state index contributed by atoms with van der Waals surface area (Å²) in [6, 6.07) is -0.627. The van der Waals surface area contributed by atoms with Gasteiger partial charge in [-0.15, -0.1) is 11.3 Å². The van der Waals surface area contributed by atoms with E-state index in [4.69, 9.17) is 5.11 Å². The molecule has 1 amide bonds. The number of amides is 1. The lowest BCUT2D eigenvalue weighted by Crippen LogP contribution is -2.47. The normalized spacial score (nSPS) is 19.1. The number of carbonyl (C=O) groups is 2. The first-order valence-electron chi connectivity index (χ1n) is 7.01. The molecule has 0 aromatic carbocycles. The van der Waals surface area contributed by atoms with E-state index in [0.717, 1.165) is 36.4 Å². The fourth-order valence-corrected chi connectivity index (χ4v) is 3.22. The molecule has 1 aliphatic rings. The van der Waals surface area contributed by atoms with Crippen LogP contribution in [0, 0.1) is 6.92 Å². The van der Waals surface area contributed by atoms with E-state index in [-0.39, 0.29) is 5.91 Å². The fourth-order valence-electron chi connectivity index (χ4n) is 2.57. The SMILES string of the molecule is Cc1nc(CCCC(=O)N2CCCCC2C(=O)O)cs1. The van der Waals surface area contributed by atoms with E-state index in [1.807, 2.05) is 12.3 Å². The van der Waals surface area contributed by atoms with Crippen molar-refractivity contribution in [3.63, 3.8) is 0 Å². The van der Waals surface area contributed by atoms with Gasteiger partial charge in [0.25, 0.3) is 0 Å². The molecule has 1 aromatic rings. The molecule has 0 bridgehead atoms. The monoisotopic (exact) mass is 296 g/mol. The summed E-state index contributed by atoms with van der Waals surface area (Å²) in [7, 11) is 0. The first-order valence-corrected chi connectivity index (χ1v) is 7.89. The molecule has 1 fully saturated rings. The van der Waals surface area contributed by atoms with Gasteiger partial charge < -0.3 is 10.0 Å². The van der Waals surface area contributed by atoms with Crippen molar-refractivity contribution < 1.29 is 14.7 Å². The average Bonchev–Trinajstić information content (AvgIpc) is 2.84. The second kappa shape index (κ2) is 6.83. The Labute approximate surface area is 122 Å². The van der Waals surface area contributed by atoms with Crippen molar-refractivity contribution in [1.29, 1.82) is 0 Å². The second-order valence-corrected chi connectivity index (χ2v) is 6.21. The molecule has 0 aliphatic carbocycles. The number of hydrogen-bond acceptors (Lipinski definition) is 4. The summed E-state index contributed by atoms with van der Waals surface area (Å²) in [4.78, 5) is 29.2. The minimum Gasteiger partial charge on any atom is -0.480 e. The van der Waals surface area contributed by atoms with Crippen molar-refractivity contribution in [3.05, 3.63) is 16.1 Å². The van der Waals surface area contributed by atoms with Gasteiger partial charge in [0.15, 0.2) is 0 Å². The largest absolute Gasteiger partial charge is 0.480 e. The van der Waals surface area contributed by atoms with Gasteiger partial charge in [-0.2, -0.15) is 0 Å². The van der Waals surface area contributed by atoms with Crippen LogP contribution in [-0.4, -0.2) is 39.5 Å². The van der Waals surface area contributed by atoms with Gasteiger partial charge in [0.1, 0.15) is 6.04 Å². The molecule has 1 aromatic heterocycles. The number of aryl methyl sites for hydroxylation is 2. The van der Waals surface area contributed by atoms with Crippen LogP contribution in [-0.2, 0) is 16.0 Å². The van der Waals surface area contributed by atoms with E-state index < -0.39 is 12.0 Å². The molecule has 1 saturated heterocycles. The zero-order chi connectivity index (χ0) is 14.5. The van der Waals surface area contributed by atoms with Gasteiger partial charge in [-0.25, -0.2) is 9.78 Å². The molecule has 1 N–H and O–H groups in total. The highest BCUT2D eigenvalue weighted by atomic mass is 32.1. The van der Waals surface area contributed by atoms with E-state index in [1.165, 1.54) is 4.90 Å². The maximum Gasteiger partial charge on any atom is 0.326 e. The highest BCUT2D eigenvalue weighted by Crippen LogP contribution is 2.19. The number of likely N-dealkylation sites (tertiary alicyclic amines) is 1. The van der Waals surface area contributed by atoms with Crippen LogP contribution in [0.5, 0.6) is 0 Å². The quantitative estimate of drug-likeness (QED) is 0.904. The third-order valence-corrected chi connectivity index (χ3v) is 4.42. The van der Waals surface area contributed by atoms with Gasteiger partial charge in [0.2, 0.25) is 5.91 Å². The zero-order valence-electron chi connectivity index (χ0n) is 11.7. The van der Waals surface area contributed by atoms with Crippen molar-refractivity contribution >= 4 is 23.2 Å². The topological polar surface area (TPSA) is 70.5 Å². The minimum atomic E-state index is -0.881. The number of aliphatic carboxylic acids is 1. The molecular weight excluding hydrogens is 276 g/mol. The number of thiazole rings is 1. The second-order valence-electron chi connectivity index (χ2n) is 5.15. The molecule has 2 heterocycles. The number of aromatic nitrogens is 1. The third-order valence-electron chi connectivity index (χ3n) is 3.60. The summed E-state index contributed by atoms with van der Waals surface area (Å²) < 4.78 is 0. The molecule has 6 heteroatoms. The maximum absolute atomic E-state index is 12.2. The number of rotatable bonds is 5. The standard InChI is InChI=1S/C14H20N2O3S/c1-10-15-11(9-20-10)5-4-7-13(17)16-8-3-2-6-12(16)14(18)19/h9,12H,2-8H2,1H3,(H,18,19). The average molecular weight is 296 g/mol. The van der Waals surface area contributed by atoms with Crippen molar-refractivity contribution in [2.75, 3.05) is 6.54 Å². The van der Waals surface area contributed by atoms with Crippen molar-refractivity contribution in [2.45, 2.75) is 51.5 Å². The summed E-state index contributed by atoms with van der Waals surface area (Å²) in [6.45, 7) is 2.54. The van der Waals surface area contributed by atoms with Crippen LogP contribution in [0.3, 0.4) is 0 Å². The van der Waals surface area contributed by atoms with Gasteiger partial charge in [0.05, 0.1) is 10.7 Å². The Morgan fingerprint density at radius 2 is 2.30 bits per heavy atom. The summed E-state index contributed by atoms with van der Waals surface area (Å²) >= 11 is 1.61. The summed E-state index contributed by atoms with van der Waals surface area (Å²) in [6.07, 6.45) is 4.28. The molecule has 1 atom stereocenters. The molecule has 1 unspecified atom stereocenters. The number of carboxylic acid groups (broad SMARTS) is 1. The zero-order valence-corrected chi connectivity index (χ0v) is 12.5. The van der Waals surface area contributed by atoms with Crippen LogP contribution < -0.4 is 0 Å². The lowest BCUT2D eigenvalue weighted by atomic mass is 10.0. The predicted octanol–water partition coefficient (Wildman–Crippen LogP) is 2.24. The number of carbonyl (C=O) groups excluding carboxylic acids is 1. The van der Waals surface area contributed by atoms with Gasteiger partial charge >= 0.3 is 5.97 Å². The Bertz CT molecular complexity index is 487. The molecule has 110 valence electrons. The van der Waals surface area contributed by atoms with Gasteiger partial charge in [-0.3, -0.25) is 4.79 Å². The predicted molar refractivity (Wildman–Crippen MR) is 76.8 cm³/mol. The van der Waals surface area contributed by atoms with E-state index in [2.05, 4.69) is 4.98 Å². The van der Waals surface area contributed by atoms with Gasteiger partial charge in [-0.1, -0.05) is 0 Å². The number of carboxylic acids is 1. The van der Waals surface area contributed by atoms with E-state index in [0.29, 0.717) is 19.4 Å². The van der Waals surface area contributed by atoms with E-state index in [1.54, 1.807) is 11.3 Å². The first kappa shape index (κ1) is 15.0. The number of piperidine rings is 1. The van der Waals surface area contributed by atoms with Crippen molar-refractivity contribution in [2.24, 2.45) is 0 Å². The Balaban J connectivity index is 1.82. The first-order chi connectivity index (χ1) is 9.58. The molecule has 0 radical (unpaired) electrons. The fraction of sp³-hybridized carbons (Fsp3) is 0.643. The number of nitrogens with zero attached hydrogens (tertiary/aromatic N) is 2. The van der Waals surface area contributed by atoms with E-state index >= 15 is 0 Å². The van der Waals surface area contributed by atoms with E-state index in [9.17, 15) is 9.59 Å². The van der Waals surface area contributed by atoms with Crippen LogP contribution in [0.4, 0.5) is 0 Å². The van der Waals surface area contributed by atoms with Crippen LogP contribution in [0.15, 0.2) is 5.38 Å². The van der Waals surface area contributed by atoms with Crippen LogP contribution in [0.25, 0.3) is 0 Å². The van der Waals surface area contributed by atoms with Crippen molar-refractivity contribution in [1.82, 2.24) is 9.88 Å². The molecule has 2 rings (SSSR count). The molecule has 20 heavy (non-hydrogen) atoms. The van der Waals surface area contributed by atoms with Crippen molar-refractivity contribution in [3.8, 4) is 0 Å². The Hall–Kier alpha value is -1.43. The Morgan fingerprint density at radius 1 is 1.50 bits per heavy atom. The number of hydrogen-bond donors (Lipinski definition) is 1. The minimum absolute atomic E-state index is 0.0379. The molecule has 0 spiro atoms. The summed E-state index contributed by atoms with van der Waals surface area (Å²) in [5.41, 5.74) is 1.02. The van der Waals surface area contributed by atoms with Crippen LogP contribution in [0.2, 0.25) is 0 Å². The molecule has 5 nitrogen and oxygen atoms in total. The van der Waals surface area contributed by atoms with Gasteiger partial charge in [-0.05, 0) is 39.0 Å². The summed E-state index contributed by atoms with van der Waals surface area (Å²) in [5.74, 6) is -0.919. The molecular formula is C14H20N2O3S. The maximum atomic E-state index is 12.2. The highest BCUT2D eigenvalue weighted by molar-refractivity contribution is 7.09. The Kier molecular flexibility index (Phi) is 5.11. The van der Waals surface area contributed by atoms with Crippen LogP contribution in [0.1, 0.15) is 42.8 Å². The smallest absolute Gasteiger partial charge is 0.326 e. The highest BCUT2D eigenvalue weighted by Gasteiger charge is 2.31. The summed E-state index contributed by atoms with van der Waals surface area (Å²) in [5, 5.41) is 12.2. The lowest BCUT2D eigenvalue weighted by Gasteiger charge is -2.33.